The van der Waals surface area contributed by atoms with E-state index >= 15 is 0 Å². The Hall–Kier alpha value is -1.35. The molecule has 2 atom stereocenters. The van der Waals surface area contributed by atoms with Crippen LogP contribution in [0.1, 0.15) is 37.7 Å². The van der Waals surface area contributed by atoms with Gasteiger partial charge in [0.1, 0.15) is 0 Å². The summed E-state index contributed by atoms with van der Waals surface area (Å²) in [7, 11) is 0. The summed E-state index contributed by atoms with van der Waals surface area (Å²) >= 11 is 0. The number of carbonyl (C=O) groups excluding carboxylic acids is 1. The summed E-state index contributed by atoms with van der Waals surface area (Å²) in [6.45, 7) is 0.803. The minimum absolute atomic E-state index is 0.177. The number of nitrogens with one attached hydrogen (secondary N) is 1. The van der Waals surface area contributed by atoms with E-state index in [2.05, 4.69) is 17.4 Å². The number of hydrogen-bond donors (Lipinski definition) is 2. The largest absolute Gasteiger partial charge is 0.356 e. The van der Waals surface area contributed by atoms with E-state index < -0.39 is 0 Å². The Bertz CT molecular complexity index is 391. The SMILES string of the molecule is NC1CCC(CNC(=O)CCCc2ccccc2)C1. The lowest BCUT2D eigenvalue weighted by Gasteiger charge is -2.11. The Kier molecular flexibility index (Phi) is 5.40. The van der Waals surface area contributed by atoms with Gasteiger partial charge in [-0.25, -0.2) is 0 Å². The maximum absolute atomic E-state index is 11.7. The molecule has 0 aromatic heterocycles. The van der Waals surface area contributed by atoms with Gasteiger partial charge in [0.05, 0.1) is 0 Å². The van der Waals surface area contributed by atoms with Crippen molar-refractivity contribution in [2.24, 2.45) is 11.7 Å². The van der Waals surface area contributed by atoms with Crippen molar-refractivity contribution < 1.29 is 4.79 Å². The van der Waals surface area contributed by atoms with Crippen molar-refractivity contribution in [1.29, 1.82) is 0 Å². The van der Waals surface area contributed by atoms with E-state index in [1.165, 1.54) is 5.56 Å². The third-order valence-corrected chi connectivity index (χ3v) is 3.88. The van der Waals surface area contributed by atoms with Gasteiger partial charge in [-0.1, -0.05) is 30.3 Å². The molecule has 1 aliphatic rings. The van der Waals surface area contributed by atoms with E-state index in [1.807, 2.05) is 18.2 Å². The van der Waals surface area contributed by atoms with Crippen molar-refractivity contribution in [3.63, 3.8) is 0 Å². The van der Waals surface area contributed by atoms with E-state index in [0.717, 1.165) is 38.6 Å². The Labute approximate surface area is 115 Å². The van der Waals surface area contributed by atoms with Crippen LogP contribution in [-0.2, 0) is 11.2 Å². The zero-order chi connectivity index (χ0) is 13.5. The quantitative estimate of drug-likeness (QED) is 0.824. The number of carbonyl (C=O) groups is 1. The van der Waals surface area contributed by atoms with Gasteiger partial charge in [-0.15, -0.1) is 0 Å². The Morgan fingerprint density at radius 3 is 2.74 bits per heavy atom. The third kappa shape index (κ3) is 5.03. The molecule has 0 radical (unpaired) electrons. The average molecular weight is 260 g/mol. The van der Waals surface area contributed by atoms with Crippen molar-refractivity contribution in [3.05, 3.63) is 35.9 Å². The van der Waals surface area contributed by atoms with Crippen LogP contribution in [0, 0.1) is 5.92 Å². The average Bonchev–Trinajstić information content (AvgIpc) is 2.83. The second-order valence-electron chi connectivity index (χ2n) is 5.58. The van der Waals surface area contributed by atoms with Crippen LogP contribution in [0.25, 0.3) is 0 Å². The Morgan fingerprint density at radius 2 is 2.05 bits per heavy atom. The van der Waals surface area contributed by atoms with Crippen molar-refractivity contribution in [2.75, 3.05) is 6.54 Å². The summed E-state index contributed by atoms with van der Waals surface area (Å²) in [4.78, 5) is 11.7. The second kappa shape index (κ2) is 7.29. The molecule has 1 saturated carbocycles. The van der Waals surface area contributed by atoms with Crippen molar-refractivity contribution >= 4 is 5.91 Å². The zero-order valence-electron chi connectivity index (χ0n) is 11.5. The first-order valence-corrected chi connectivity index (χ1v) is 7.30. The van der Waals surface area contributed by atoms with E-state index in [4.69, 9.17) is 5.73 Å². The molecule has 3 heteroatoms. The molecular weight excluding hydrogens is 236 g/mol. The van der Waals surface area contributed by atoms with Gasteiger partial charge >= 0.3 is 0 Å². The molecule has 1 aromatic carbocycles. The number of amides is 1. The Morgan fingerprint density at radius 1 is 1.26 bits per heavy atom. The van der Waals surface area contributed by atoms with Crippen LogP contribution in [-0.4, -0.2) is 18.5 Å². The maximum Gasteiger partial charge on any atom is 0.220 e. The van der Waals surface area contributed by atoms with Gasteiger partial charge in [0, 0.05) is 19.0 Å². The molecule has 104 valence electrons. The molecule has 1 fully saturated rings. The zero-order valence-corrected chi connectivity index (χ0v) is 11.5. The standard InChI is InChI=1S/C16H24N2O/c17-15-10-9-14(11-15)12-18-16(19)8-4-7-13-5-2-1-3-6-13/h1-3,5-6,14-15H,4,7-12,17H2,(H,18,19). The minimum atomic E-state index is 0.177. The predicted octanol–water partition coefficient (Wildman–Crippen LogP) is 2.25. The summed E-state index contributed by atoms with van der Waals surface area (Å²) in [5.74, 6) is 0.768. The number of benzene rings is 1. The van der Waals surface area contributed by atoms with Crippen LogP contribution in [0.4, 0.5) is 0 Å². The highest BCUT2D eigenvalue weighted by Crippen LogP contribution is 2.23. The second-order valence-corrected chi connectivity index (χ2v) is 5.58. The van der Waals surface area contributed by atoms with Crippen LogP contribution < -0.4 is 11.1 Å². The van der Waals surface area contributed by atoms with Gasteiger partial charge < -0.3 is 11.1 Å². The van der Waals surface area contributed by atoms with Gasteiger partial charge in [-0.3, -0.25) is 4.79 Å². The van der Waals surface area contributed by atoms with Crippen molar-refractivity contribution in [2.45, 2.75) is 44.6 Å². The van der Waals surface area contributed by atoms with Gasteiger partial charge in [0.2, 0.25) is 5.91 Å². The first kappa shape index (κ1) is 14.1. The highest BCUT2D eigenvalue weighted by Gasteiger charge is 2.21. The topological polar surface area (TPSA) is 55.1 Å². The molecule has 1 amide bonds. The lowest BCUT2D eigenvalue weighted by Crippen LogP contribution is -2.29. The lowest BCUT2D eigenvalue weighted by atomic mass is 10.1. The number of rotatable bonds is 6. The van der Waals surface area contributed by atoms with Gasteiger partial charge in [-0.05, 0) is 43.6 Å². The van der Waals surface area contributed by atoms with Crippen LogP contribution in [0.5, 0.6) is 0 Å². The smallest absolute Gasteiger partial charge is 0.220 e. The van der Waals surface area contributed by atoms with Crippen LogP contribution in [0.3, 0.4) is 0 Å². The van der Waals surface area contributed by atoms with Gasteiger partial charge in [0.15, 0.2) is 0 Å². The normalized spacial score (nSPS) is 22.4. The number of aryl methyl sites for hydroxylation is 1. The summed E-state index contributed by atoms with van der Waals surface area (Å²) < 4.78 is 0. The monoisotopic (exact) mass is 260 g/mol. The summed E-state index contributed by atoms with van der Waals surface area (Å²) in [6.07, 6.45) is 5.83. The molecule has 2 unspecified atom stereocenters. The molecule has 0 aliphatic heterocycles. The Balaban J connectivity index is 1.57. The highest BCUT2D eigenvalue weighted by atomic mass is 16.1. The van der Waals surface area contributed by atoms with Crippen molar-refractivity contribution in [3.8, 4) is 0 Å². The fourth-order valence-corrected chi connectivity index (χ4v) is 2.74. The molecule has 1 aliphatic carbocycles. The maximum atomic E-state index is 11.7. The molecule has 0 saturated heterocycles. The van der Waals surface area contributed by atoms with Gasteiger partial charge in [0.25, 0.3) is 0 Å². The highest BCUT2D eigenvalue weighted by molar-refractivity contribution is 5.75. The fraction of sp³-hybridized carbons (Fsp3) is 0.562. The molecule has 3 nitrogen and oxygen atoms in total. The summed E-state index contributed by atoms with van der Waals surface area (Å²) in [5, 5.41) is 3.04. The molecule has 3 N–H and O–H groups in total. The predicted molar refractivity (Wildman–Crippen MR) is 77.7 cm³/mol. The van der Waals surface area contributed by atoms with Crippen LogP contribution >= 0.6 is 0 Å². The number of nitrogens with two attached hydrogens (primary N) is 1. The van der Waals surface area contributed by atoms with Crippen molar-refractivity contribution in [1.82, 2.24) is 5.32 Å². The summed E-state index contributed by atoms with van der Waals surface area (Å²) in [6, 6.07) is 10.7. The van der Waals surface area contributed by atoms with E-state index in [-0.39, 0.29) is 5.91 Å². The lowest BCUT2D eigenvalue weighted by molar-refractivity contribution is -0.121. The van der Waals surface area contributed by atoms with E-state index in [0.29, 0.717) is 18.4 Å². The fourth-order valence-electron chi connectivity index (χ4n) is 2.74. The molecule has 0 spiro atoms. The minimum Gasteiger partial charge on any atom is -0.356 e. The molecule has 0 bridgehead atoms. The molecule has 0 heterocycles. The van der Waals surface area contributed by atoms with E-state index in [1.54, 1.807) is 0 Å². The third-order valence-electron chi connectivity index (χ3n) is 3.88. The number of hydrogen-bond acceptors (Lipinski definition) is 2. The van der Waals surface area contributed by atoms with E-state index in [9.17, 15) is 4.79 Å². The molecule has 1 aromatic rings. The van der Waals surface area contributed by atoms with Crippen LogP contribution in [0.2, 0.25) is 0 Å². The van der Waals surface area contributed by atoms with Crippen LogP contribution in [0.15, 0.2) is 30.3 Å². The first-order valence-electron chi connectivity index (χ1n) is 7.30. The first-order chi connectivity index (χ1) is 9.24. The van der Waals surface area contributed by atoms with Gasteiger partial charge in [-0.2, -0.15) is 0 Å². The molecule has 19 heavy (non-hydrogen) atoms. The molecule has 2 rings (SSSR count). The molecular formula is C16H24N2O. The summed E-state index contributed by atoms with van der Waals surface area (Å²) in [5.41, 5.74) is 7.17.